The van der Waals surface area contributed by atoms with E-state index in [9.17, 15) is 14.4 Å². The molecule has 1 rings (SSSR count). The lowest BCUT2D eigenvalue weighted by molar-refractivity contribution is -0.129. The number of likely N-dealkylation sites (N-methyl/N-ethyl adjacent to an activating group) is 1. The van der Waals surface area contributed by atoms with Gasteiger partial charge in [0.25, 0.3) is 5.56 Å². The Labute approximate surface area is 129 Å². The Morgan fingerprint density at radius 1 is 1.41 bits per heavy atom. The summed E-state index contributed by atoms with van der Waals surface area (Å²) < 4.78 is 1.25. The first-order chi connectivity index (χ1) is 10.2. The Morgan fingerprint density at radius 3 is 2.59 bits per heavy atom. The molecule has 120 valence electrons. The molecule has 1 aromatic heterocycles. The molecule has 0 atom stereocenters. The van der Waals surface area contributed by atoms with Crippen LogP contribution < -0.4 is 16.2 Å². The Morgan fingerprint density at radius 2 is 2.05 bits per heavy atom. The number of pyridine rings is 1. The van der Waals surface area contributed by atoms with Gasteiger partial charge in [-0.15, -0.1) is 6.58 Å². The third-order valence-corrected chi connectivity index (χ3v) is 3.02. The third-order valence-electron chi connectivity index (χ3n) is 3.02. The van der Waals surface area contributed by atoms with Gasteiger partial charge in [0.15, 0.2) is 0 Å². The molecule has 1 heterocycles. The van der Waals surface area contributed by atoms with Gasteiger partial charge in [0, 0.05) is 20.3 Å². The van der Waals surface area contributed by atoms with E-state index in [1.54, 1.807) is 40.1 Å². The lowest BCUT2D eigenvalue weighted by Crippen LogP contribution is -2.44. The topological polar surface area (TPSA) is 83.4 Å². The van der Waals surface area contributed by atoms with Gasteiger partial charge < -0.3 is 20.1 Å². The van der Waals surface area contributed by atoms with E-state index >= 15 is 0 Å². The number of rotatable bonds is 5. The molecule has 0 saturated heterocycles. The van der Waals surface area contributed by atoms with Crippen LogP contribution in [0, 0.1) is 0 Å². The summed E-state index contributed by atoms with van der Waals surface area (Å²) in [4.78, 5) is 37.2. The van der Waals surface area contributed by atoms with Gasteiger partial charge in [-0.05, 0) is 26.0 Å². The highest BCUT2D eigenvalue weighted by molar-refractivity contribution is 5.89. The zero-order valence-corrected chi connectivity index (χ0v) is 13.3. The number of carbonyl (C=O) groups is 2. The van der Waals surface area contributed by atoms with Gasteiger partial charge in [-0.2, -0.15) is 0 Å². The average molecular weight is 306 g/mol. The van der Waals surface area contributed by atoms with E-state index in [0.29, 0.717) is 0 Å². The van der Waals surface area contributed by atoms with Gasteiger partial charge in [-0.1, -0.05) is 6.08 Å². The first kappa shape index (κ1) is 17.5. The Kier molecular flexibility index (Phi) is 5.50. The Balaban J connectivity index is 2.89. The molecule has 0 radical (unpaired) electrons. The smallest absolute Gasteiger partial charge is 0.320 e. The summed E-state index contributed by atoms with van der Waals surface area (Å²) in [6.07, 6.45) is 3.09. The number of hydrogen-bond donors (Lipinski definition) is 2. The highest BCUT2D eigenvalue weighted by atomic mass is 16.2. The average Bonchev–Trinajstić information content (AvgIpc) is 2.42. The maximum atomic E-state index is 12.2. The summed E-state index contributed by atoms with van der Waals surface area (Å²) in [5.74, 6) is -0.212. The number of carbonyl (C=O) groups excluding carboxylic acids is 2. The number of hydrogen-bond acceptors (Lipinski definition) is 3. The number of nitrogens with zero attached hydrogens (tertiary/aromatic N) is 2. The van der Waals surface area contributed by atoms with E-state index in [2.05, 4.69) is 17.2 Å². The summed E-state index contributed by atoms with van der Waals surface area (Å²) >= 11 is 0. The van der Waals surface area contributed by atoms with Gasteiger partial charge >= 0.3 is 6.03 Å². The maximum Gasteiger partial charge on any atom is 0.320 e. The van der Waals surface area contributed by atoms with Crippen LogP contribution in [-0.2, 0) is 11.3 Å². The SMILES string of the molecule is C=CC(C)(C)NC(=O)Nc1cccn(CC(=O)N(C)C)c1=O. The molecule has 0 aliphatic carbocycles. The summed E-state index contributed by atoms with van der Waals surface area (Å²) in [5, 5.41) is 5.16. The summed E-state index contributed by atoms with van der Waals surface area (Å²) in [7, 11) is 3.22. The summed E-state index contributed by atoms with van der Waals surface area (Å²) in [6.45, 7) is 7.09. The van der Waals surface area contributed by atoms with Crippen LogP contribution in [0.4, 0.5) is 10.5 Å². The van der Waals surface area contributed by atoms with Crippen molar-refractivity contribution in [3.05, 3.63) is 41.3 Å². The molecular formula is C15H22N4O3. The summed E-state index contributed by atoms with van der Waals surface area (Å²) in [5.41, 5.74) is -0.936. The molecular weight excluding hydrogens is 284 g/mol. The lowest BCUT2D eigenvalue weighted by atomic mass is 10.1. The first-order valence-electron chi connectivity index (χ1n) is 6.78. The normalized spacial score (nSPS) is 10.7. The van der Waals surface area contributed by atoms with E-state index in [-0.39, 0.29) is 18.1 Å². The number of nitrogens with one attached hydrogen (secondary N) is 2. The molecule has 0 unspecified atom stereocenters. The van der Waals surface area contributed by atoms with Crippen LogP contribution in [0.1, 0.15) is 13.8 Å². The highest BCUT2D eigenvalue weighted by Crippen LogP contribution is 2.04. The van der Waals surface area contributed by atoms with Crippen molar-refractivity contribution in [2.45, 2.75) is 25.9 Å². The maximum absolute atomic E-state index is 12.2. The molecule has 1 aromatic rings. The van der Waals surface area contributed by atoms with Crippen LogP contribution in [0.15, 0.2) is 35.8 Å². The van der Waals surface area contributed by atoms with Crippen LogP contribution in [0.2, 0.25) is 0 Å². The van der Waals surface area contributed by atoms with Crippen molar-refractivity contribution in [3.8, 4) is 0 Å². The first-order valence-corrected chi connectivity index (χ1v) is 6.78. The second-order valence-electron chi connectivity index (χ2n) is 5.65. The molecule has 0 aliphatic rings. The standard InChI is InChI=1S/C15H22N4O3/c1-6-15(2,3)17-14(22)16-11-8-7-9-19(13(11)21)10-12(20)18(4)5/h6-9H,1,10H2,2-5H3,(H2,16,17,22). The molecule has 0 fully saturated rings. The fourth-order valence-corrected chi connectivity index (χ4v) is 1.54. The zero-order valence-electron chi connectivity index (χ0n) is 13.3. The van der Waals surface area contributed by atoms with Crippen LogP contribution >= 0.6 is 0 Å². The molecule has 3 amide bonds. The van der Waals surface area contributed by atoms with Crippen molar-refractivity contribution < 1.29 is 9.59 Å². The Bertz CT molecular complexity index is 632. The molecule has 0 aromatic carbocycles. The fourth-order valence-electron chi connectivity index (χ4n) is 1.54. The van der Waals surface area contributed by atoms with Crippen molar-refractivity contribution in [2.24, 2.45) is 0 Å². The van der Waals surface area contributed by atoms with Gasteiger partial charge in [0.2, 0.25) is 5.91 Å². The van der Waals surface area contributed by atoms with Crippen LogP contribution in [0.25, 0.3) is 0 Å². The second-order valence-corrected chi connectivity index (χ2v) is 5.65. The number of aromatic nitrogens is 1. The largest absolute Gasteiger partial charge is 0.347 e. The van der Waals surface area contributed by atoms with Crippen molar-refractivity contribution in [2.75, 3.05) is 19.4 Å². The molecule has 7 heteroatoms. The monoisotopic (exact) mass is 306 g/mol. The number of anilines is 1. The van der Waals surface area contributed by atoms with Crippen molar-refractivity contribution in [1.82, 2.24) is 14.8 Å². The minimum Gasteiger partial charge on any atom is -0.347 e. The second kappa shape index (κ2) is 6.93. The Hall–Kier alpha value is -2.57. The predicted octanol–water partition coefficient (Wildman–Crippen LogP) is 1.02. The third kappa shape index (κ3) is 4.76. The minimum atomic E-state index is -0.598. The van der Waals surface area contributed by atoms with Crippen molar-refractivity contribution in [3.63, 3.8) is 0 Å². The van der Waals surface area contributed by atoms with Crippen LogP contribution in [0.5, 0.6) is 0 Å². The predicted molar refractivity (Wildman–Crippen MR) is 85.8 cm³/mol. The van der Waals surface area contributed by atoms with Crippen molar-refractivity contribution >= 4 is 17.6 Å². The molecule has 0 saturated carbocycles. The van der Waals surface area contributed by atoms with E-state index < -0.39 is 17.1 Å². The molecule has 0 spiro atoms. The van der Waals surface area contributed by atoms with Crippen LogP contribution in [-0.4, -0.2) is 41.0 Å². The highest BCUT2D eigenvalue weighted by Gasteiger charge is 2.17. The van der Waals surface area contributed by atoms with Gasteiger partial charge in [-0.3, -0.25) is 9.59 Å². The van der Waals surface area contributed by atoms with E-state index in [1.165, 1.54) is 21.7 Å². The summed E-state index contributed by atoms with van der Waals surface area (Å²) in [6, 6.07) is 2.57. The van der Waals surface area contributed by atoms with Crippen LogP contribution in [0.3, 0.4) is 0 Å². The van der Waals surface area contributed by atoms with Gasteiger partial charge in [0.1, 0.15) is 12.2 Å². The van der Waals surface area contributed by atoms with Crippen molar-refractivity contribution in [1.29, 1.82) is 0 Å². The molecule has 0 aliphatic heterocycles. The molecule has 22 heavy (non-hydrogen) atoms. The zero-order chi connectivity index (χ0) is 16.9. The van der Waals surface area contributed by atoms with E-state index in [4.69, 9.17) is 0 Å². The van der Waals surface area contributed by atoms with E-state index in [1.807, 2.05) is 0 Å². The molecule has 7 nitrogen and oxygen atoms in total. The lowest BCUT2D eigenvalue weighted by Gasteiger charge is -2.22. The quantitative estimate of drug-likeness (QED) is 0.797. The number of urea groups is 1. The van der Waals surface area contributed by atoms with E-state index in [0.717, 1.165) is 0 Å². The number of amides is 3. The van der Waals surface area contributed by atoms with Gasteiger partial charge in [0.05, 0.1) is 5.54 Å². The minimum absolute atomic E-state index is 0.0822. The molecule has 2 N–H and O–H groups in total. The molecule has 0 bridgehead atoms. The fraction of sp³-hybridized carbons (Fsp3) is 0.400. The van der Waals surface area contributed by atoms with Gasteiger partial charge in [-0.25, -0.2) is 4.79 Å².